The zero-order chi connectivity index (χ0) is 8.48. The molecule has 5 nitrogen and oxygen atoms in total. The van der Waals surface area contributed by atoms with Crippen LogP contribution >= 0.6 is 0 Å². The summed E-state index contributed by atoms with van der Waals surface area (Å²) in [6, 6.07) is 0. The SMILES string of the molecule is CC(N)(C(=O)O)c1ncc[nH]1. The van der Waals surface area contributed by atoms with Gasteiger partial charge < -0.3 is 15.8 Å². The number of carbonyl (C=O) groups is 1. The Morgan fingerprint density at radius 2 is 2.55 bits per heavy atom. The van der Waals surface area contributed by atoms with Gasteiger partial charge >= 0.3 is 5.97 Å². The molecule has 0 aliphatic heterocycles. The van der Waals surface area contributed by atoms with Gasteiger partial charge in [0.1, 0.15) is 5.82 Å². The highest BCUT2D eigenvalue weighted by atomic mass is 16.4. The van der Waals surface area contributed by atoms with Crippen LogP contribution in [0, 0.1) is 0 Å². The van der Waals surface area contributed by atoms with Gasteiger partial charge in [-0.2, -0.15) is 0 Å². The molecule has 1 aromatic rings. The fourth-order valence-electron chi connectivity index (χ4n) is 0.651. The maximum absolute atomic E-state index is 10.5. The van der Waals surface area contributed by atoms with Crippen molar-refractivity contribution in [2.24, 2.45) is 5.73 Å². The Hall–Kier alpha value is -1.36. The molecular formula is C6H9N3O2. The number of aromatic amines is 1. The van der Waals surface area contributed by atoms with Crippen LogP contribution in [0.1, 0.15) is 12.7 Å². The lowest BCUT2D eigenvalue weighted by atomic mass is 10.0. The van der Waals surface area contributed by atoms with Crippen LogP contribution < -0.4 is 5.73 Å². The molecule has 5 heteroatoms. The molecule has 0 saturated carbocycles. The number of aromatic nitrogens is 2. The summed E-state index contributed by atoms with van der Waals surface area (Å²) in [7, 11) is 0. The van der Waals surface area contributed by atoms with Gasteiger partial charge in [0.05, 0.1) is 0 Å². The van der Waals surface area contributed by atoms with Gasteiger partial charge in [0, 0.05) is 12.4 Å². The molecule has 1 atom stereocenters. The number of H-pyrrole nitrogens is 1. The van der Waals surface area contributed by atoms with E-state index in [0.29, 0.717) is 0 Å². The number of hydrogen-bond donors (Lipinski definition) is 3. The molecule has 0 bridgehead atoms. The third kappa shape index (κ3) is 1.22. The minimum Gasteiger partial charge on any atom is -0.480 e. The lowest BCUT2D eigenvalue weighted by molar-refractivity contribution is -0.143. The number of carboxylic acids is 1. The maximum Gasteiger partial charge on any atom is 0.331 e. The fourth-order valence-corrected chi connectivity index (χ4v) is 0.651. The number of nitrogens with two attached hydrogens (primary N) is 1. The van der Waals surface area contributed by atoms with Crippen LogP contribution in [-0.4, -0.2) is 21.0 Å². The summed E-state index contributed by atoms with van der Waals surface area (Å²) in [5.74, 6) is -0.850. The summed E-state index contributed by atoms with van der Waals surface area (Å²) in [6.45, 7) is 1.38. The van der Waals surface area contributed by atoms with Crippen molar-refractivity contribution in [2.45, 2.75) is 12.5 Å². The van der Waals surface area contributed by atoms with Crippen LogP contribution in [0.15, 0.2) is 12.4 Å². The topological polar surface area (TPSA) is 92.0 Å². The molecule has 0 aliphatic carbocycles. The number of carboxylic acid groups (broad SMARTS) is 1. The maximum atomic E-state index is 10.5. The van der Waals surface area contributed by atoms with E-state index < -0.39 is 11.5 Å². The van der Waals surface area contributed by atoms with E-state index in [0.717, 1.165) is 0 Å². The molecule has 0 aliphatic rings. The molecule has 0 amide bonds. The highest BCUT2D eigenvalue weighted by molar-refractivity contribution is 5.78. The smallest absolute Gasteiger partial charge is 0.331 e. The van der Waals surface area contributed by atoms with Crippen LogP contribution in [0.3, 0.4) is 0 Å². The van der Waals surface area contributed by atoms with Crippen molar-refractivity contribution in [3.63, 3.8) is 0 Å². The van der Waals surface area contributed by atoms with Crippen LogP contribution in [0.5, 0.6) is 0 Å². The number of imidazole rings is 1. The van der Waals surface area contributed by atoms with Crippen molar-refractivity contribution >= 4 is 5.97 Å². The van der Waals surface area contributed by atoms with E-state index >= 15 is 0 Å². The lowest BCUT2D eigenvalue weighted by Crippen LogP contribution is -2.42. The Labute approximate surface area is 63.3 Å². The van der Waals surface area contributed by atoms with Crippen molar-refractivity contribution in [3.8, 4) is 0 Å². The van der Waals surface area contributed by atoms with E-state index in [-0.39, 0.29) is 5.82 Å². The molecule has 1 rings (SSSR count). The molecule has 0 aromatic carbocycles. The molecule has 0 radical (unpaired) electrons. The van der Waals surface area contributed by atoms with Crippen LogP contribution in [0.4, 0.5) is 0 Å². The van der Waals surface area contributed by atoms with Crippen molar-refractivity contribution in [1.29, 1.82) is 0 Å². The zero-order valence-corrected chi connectivity index (χ0v) is 6.03. The minimum absolute atomic E-state index is 0.255. The first-order chi connectivity index (χ1) is 5.05. The van der Waals surface area contributed by atoms with Gasteiger partial charge in [-0.25, -0.2) is 9.78 Å². The van der Waals surface area contributed by atoms with E-state index in [1.807, 2.05) is 0 Å². The molecule has 60 valence electrons. The van der Waals surface area contributed by atoms with Gasteiger partial charge in [-0.15, -0.1) is 0 Å². The van der Waals surface area contributed by atoms with Gasteiger partial charge in [0.15, 0.2) is 5.54 Å². The summed E-state index contributed by atoms with van der Waals surface area (Å²) in [5.41, 5.74) is 4.00. The molecule has 1 heterocycles. The number of nitrogens with zero attached hydrogens (tertiary/aromatic N) is 1. The molecule has 0 fully saturated rings. The quantitative estimate of drug-likeness (QED) is 0.545. The second kappa shape index (κ2) is 2.35. The second-order valence-corrected chi connectivity index (χ2v) is 2.45. The number of hydrogen-bond acceptors (Lipinski definition) is 3. The van der Waals surface area contributed by atoms with Crippen LogP contribution in [0.2, 0.25) is 0 Å². The Balaban J connectivity index is 3.00. The minimum atomic E-state index is -1.43. The third-order valence-corrected chi connectivity index (χ3v) is 1.43. The van der Waals surface area contributed by atoms with Crippen LogP contribution in [0.25, 0.3) is 0 Å². The van der Waals surface area contributed by atoms with Gasteiger partial charge in [0.2, 0.25) is 0 Å². The Bertz CT molecular complexity index is 253. The first-order valence-corrected chi connectivity index (χ1v) is 3.07. The molecule has 0 saturated heterocycles. The average molecular weight is 155 g/mol. The second-order valence-electron chi connectivity index (χ2n) is 2.45. The molecular weight excluding hydrogens is 146 g/mol. The van der Waals surface area contributed by atoms with Gasteiger partial charge in [-0.1, -0.05) is 0 Å². The van der Waals surface area contributed by atoms with E-state index in [4.69, 9.17) is 10.8 Å². The predicted octanol–water partition coefficient (Wildman–Crippen LogP) is -0.332. The fraction of sp³-hybridized carbons (Fsp3) is 0.333. The largest absolute Gasteiger partial charge is 0.480 e. The third-order valence-electron chi connectivity index (χ3n) is 1.43. The summed E-state index contributed by atoms with van der Waals surface area (Å²) < 4.78 is 0. The molecule has 1 aromatic heterocycles. The molecule has 4 N–H and O–H groups in total. The predicted molar refractivity (Wildman–Crippen MR) is 37.8 cm³/mol. The van der Waals surface area contributed by atoms with Gasteiger partial charge in [-0.05, 0) is 6.92 Å². The van der Waals surface area contributed by atoms with E-state index in [1.165, 1.54) is 19.3 Å². The monoisotopic (exact) mass is 155 g/mol. The van der Waals surface area contributed by atoms with Crippen molar-refractivity contribution < 1.29 is 9.90 Å². The zero-order valence-electron chi connectivity index (χ0n) is 6.03. The summed E-state index contributed by atoms with van der Waals surface area (Å²) >= 11 is 0. The van der Waals surface area contributed by atoms with Gasteiger partial charge in [0.25, 0.3) is 0 Å². The standard InChI is InChI=1S/C6H9N3O2/c1-6(7,5(10)11)4-8-2-3-9-4/h2-3H,7H2,1H3,(H,8,9)(H,10,11). The van der Waals surface area contributed by atoms with Crippen molar-refractivity contribution in [2.75, 3.05) is 0 Å². The van der Waals surface area contributed by atoms with E-state index in [2.05, 4.69) is 9.97 Å². The Morgan fingerprint density at radius 3 is 2.91 bits per heavy atom. The first-order valence-electron chi connectivity index (χ1n) is 3.07. The summed E-state index contributed by atoms with van der Waals surface area (Å²) in [5, 5.41) is 8.63. The normalized spacial score (nSPS) is 15.8. The van der Waals surface area contributed by atoms with E-state index in [9.17, 15) is 4.79 Å². The lowest BCUT2D eigenvalue weighted by Gasteiger charge is -2.15. The van der Waals surface area contributed by atoms with Crippen molar-refractivity contribution in [1.82, 2.24) is 9.97 Å². The van der Waals surface area contributed by atoms with E-state index in [1.54, 1.807) is 0 Å². The van der Waals surface area contributed by atoms with Crippen molar-refractivity contribution in [3.05, 3.63) is 18.2 Å². The molecule has 11 heavy (non-hydrogen) atoms. The first kappa shape index (κ1) is 7.74. The molecule has 0 spiro atoms. The van der Waals surface area contributed by atoms with Crippen LogP contribution in [-0.2, 0) is 10.3 Å². The highest BCUT2D eigenvalue weighted by Crippen LogP contribution is 2.11. The highest BCUT2D eigenvalue weighted by Gasteiger charge is 2.32. The average Bonchev–Trinajstić information content (AvgIpc) is 2.37. The summed E-state index contributed by atoms with van der Waals surface area (Å²) in [4.78, 5) is 16.9. The number of rotatable bonds is 2. The number of aliphatic carboxylic acids is 1. The summed E-state index contributed by atoms with van der Waals surface area (Å²) in [6.07, 6.45) is 2.99. The molecule has 1 unspecified atom stereocenters. The Morgan fingerprint density at radius 1 is 1.91 bits per heavy atom. The Kier molecular flexibility index (Phi) is 1.66. The van der Waals surface area contributed by atoms with Gasteiger partial charge in [-0.3, -0.25) is 0 Å². The number of nitrogens with one attached hydrogen (secondary N) is 1.